The molecule has 0 fully saturated rings. The number of ether oxygens (including phenoxy) is 2. The number of rotatable bonds is 6. The van der Waals surface area contributed by atoms with E-state index in [-0.39, 0.29) is 0 Å². The van der Waals surface area contributed by atoms with E-state index in [4.69, 9.17) is 32.7 Å². The molecular weight excluding hydrogens is 323 g/mol. The van der Waals surface area contributed by atoms with Gasteiger partial charge in [-0.1, -0.05) is 29.3 Å². The Labute approximate surface area is 139 Å². The summed E-state index contributed by atoms with van der Waals surface area (Å²) in [6.45, 7) is 0.361. The lowest BCUT2D eigenvalue weighted by atomic mass is 10.2. The van der Waals surface area contributed by atoms with Crippen molar-refractivity contribution in [3.63, 3.8) is 0 Å². The average molecular weight is 339 g/mol. The molecule has 0 amide bonds. The maximum Gasteiger partial charge on any atom is 0.162 e. The molecule has 0 aliphatic rings. The Bertz CT molecular complexity index is 675. The van der Waals surface area contributed by atoms with E-state index in [1.165, 1.54) is 0 Å². The molecule has 0 spiro atoms. The van der Waals surface area contributed by atoms with Crippen molar-refractivity contribution in [2.45, 2.75) is 6.61 Å². The fraction of sp³-hybridized carbons (Fsp3) is 0.188. The van der Waals surface area contributed by atoms with Gasteiger partial charge in [0.05, 0.1) is 23.4 Å². The van der Waals surface area contributed by atoms with E-state index in [1.807, 2.05) is 24.3 Å². The Morgan fingerprint density at radius 2 is 1.91 bits per heavy atom. The monoisotopic (exact) mass is 338 g/mol. The lowest BCUT2D eigenvalue weighted by Crippen LogP contribution is -1.99. The molecule has 1 N–H and O–H groups in total. The highest BCUT2D eigenvalue weighted by Gasteiger charge is 2.07. The number of hydrazone groups is 1. The summed E-state index contributed by atoms with van der Waals surface area (Å²) in [7, 11) is 3.34. The predicted octanol–water partition coefficient (Wildman–Crippen LogP) is 4.13. The number of halogens is 2. The highest BCUT2D eigenvalue weighted by molar-refractivity contribution is 6.42. The fourth-order valence-electron chi connectivity index (χ4n) is 1.82. The smallest absolute Gasteiger partial charge is 0.162 e. The number of hydrogen-bond acceptors (Lipinski definition) is 4. The zero-order chi connectivity index (χ0) is 15.9. The van der Waals surface area contributed by atoms with Gasteiger partial charge in [0.2, 0.25) is 0 Å². The molecule has 0 heterocycles. The maximum atomic E-state index is 6.00. The van der Waals surface area contributed by atoms with Crippen LogP contribution in [0.4, 0.5) is 0 Å². The van der Waals surface area contributed by atoms with Crippen LogP contribution in [0, 0.1) is 0 Å². The van der Waals surface area contributed by atoms with Crippen LogP contribution in [0.3, 0.4) is 0 Å². The molecule has 0 unspecified atom stereocenters. The number of nitrogens with zero attached hydrogens (tertiary/aromatic N) is 1. The predicted molar refractivity (Wildman–Crippen MR) is 90.4 cm³/mol. The van der Waals surface area contributed by atoms with E-state index in [2.05, 4.69) is 10.5 Å². The minimum absolute atomic E-state index is 0.361. The van der Waals surface area contributed by atoms with E-state index in [1.54, 1.807) is 32.5 Å². The summed E-state index contributed by atoms with van der Waals surface area (Å²) in [5, 5.41) is 5.00. The van der Waals surface area contributed by atoms with Crippen molar-refractivity contribution in [3.05, 3.63) is 57.6 Å². The minimum Gasteiger partial charge on any atom is -0.493 e. The van der Waals surface area contributed by atoms with Crippen LogP contribution < -0.4 is 14.9 Å². The normalized spacial score (nSPS) is 10.7. The van der Waals surface area contributed by atoms with Crippen molar-refractivity contribution in [1.29, 1.82) is 0 Å². The summed E-state index contributed by atoms with van der Waals surface area (Å²) in [6.07, 6.45) is 1.70. The molecule has 2 rings (SSSR count). The molecule has 0 saturated heterocycles. The number of nitrogens with one attached hydrogen (secondary N) is 1. The van der Waals surface area contributed by atoms with Gasteiger partial charge in [-0.05, 0) is 41.5 Å². The minimum atomic E-state index is 0.361. The molecule has 0 saturated carbocycles. The van der Waals surface area contributed by atoms with Crippen LogP contribution in [0.5, 0.6) is 11.5 Å². The third-order valence-corrected chi connectivity index (χ3v) is 3.65. The summed E-state index contributed by atoms with van der Waals surface area (Å²) in [5.74, 6) is 1.29. The van der Waals surface area contributed by atoms with Crippen LogP contribution in [-0.2, 0) is 6.61 Å². The second-order valence-electron chi connectivity index (χ2n) is 4.43. The van der Waals surface area contributed by atoms with Gasteiger partial charge in [-0.3, -0.25) is 0 Å². The van der Waals surface area contributed by atoms with Crippen molar-refractivity contribution in [1.82, 2.24) is 5.43 Å². The van der Waals surface area contributed by atoms with Crippen molar-refractivity contribution < 1.29 is 9.47 Å². The Morgan fingerprint density at radius 3 is 2.59 bits per heavy atom. The Morgan fingerprint density at radius 1 is 1.09 bits per heavy atom. The molecule has 0 atom stereocenters. The number of hydrogen-bond donors (Lipinski definition) is 1. The van der Waals surface area contributed by atoms with Gasteiger partial charge in [0.15, 0.2) is 11.5 Å². The third kappa shape index (κ3) is 4.29. The summed E-state index contributed by atoms with van der Waals surface area (Å²) in [6, 6.07) is 11.0. The van der Waals surface area contributed by atoms with E-state index >= 15 is 0 Å². The number of methoxy groups -OCH3 is 1. The van der Waals surface area contributed by atoms with E-state index in [9.17, 15) is 0 Å². The first-order chi connectivity index (χ1) is 10.6. The van der Waals surface area contributed by atoms with E-state index in [0.29, 0.717) is 28.2 Å². The average Bonchev–Trinajstić information content (AvgIpc) is 2.54. The Kier molecular flexibility index (Phi) is 5.92. The molecule has 0 aromatic heterocycles. The lowest BCUT2D eigenvalue weighted by molar-refractivity contribution is 0.284. The second-order valence-corrected chi connectivity index (χ2v) is 5.24. The van der Waals surface area contributed by atoms with Gasteiger partial charge in [0.25, 0.3) is 0 Å². The first-order valence-corrected chi connectivity index (χ1v) is 7.34. The number of benzene rings is 2. The van der Waals surface area contributed by atoms with Crippen LogP contribution in [0.2, 0.25) is 10.0 Å². The summed E-state index contributed by atoms with van der Waals surface area (Å²) in [5.41, 5.74) is 4.53. The van der Waals surface area contributed by atoms with Gasteiger partial charge in [0, 0.05) is 7.05 Å². The van der Waals surface area contributed by atoms with Gasteiger partial charge in [-0.15, -0.1) is 0 Å². The van der Waals surface area contributed by atoms with Crippen LogP contribution in [0.1, 0.15) is 11.1 Å². The largest absolute Gasteiger partial charge is 0.493 e. The molecule has 4 nitrogen and oxygen atoms in total. The van der Waals surface area contributed by atoms with Crippen molar-refractivity contribution in [2.75, 3.05) is 14.2 Å². The van der Waals surface area contributed by atoms with Crippen LogP contribution in [0.15, 0.2) is 41.5 Å². The zero-order valence-corrected chi connectivity index (χ0v) is 13.8. The topological polar surface area (TPSA) is 42.9 Å². The quantitative estimate of drug-likeness (QED) is 0.636. The van der Waals surface area contributed by atoms with Crippen molar-refractivity contribution in [3.8, 4) is 11.5 Å². The maximum absolute atomic E-state index is 6.00. The van der Waals surface area contributed by atoms with Crippen molar-refractivity contribution in [2.24, 2.45) is 5.10 Å². The van der Waals surface area contributed by atoms with Gasteiger partial charge >= 0.3 is 0 Å². The molecule has 6 heteroatoms. The Balaban J connectivity index is 2.16. The van der Waals surface area contributed by atoms with Crippen LogP contribution in [-0.4, -0.2) is 20.4 Å². The SMILES string of the molecule is CNN=Cc1ccc(OC)c(OCc2ccc(Cl)c(Cl)c2)c1. The highest BCUT2D eigenvalue weighted by atomic mass is 35.5. The molecule has 2 aromatic carbocycles. The van der Waals surface area contributed by atoms with E-state index < -0.39 is 0 Å². The first kappa shape index (κ1) is 16.5. The molecule has 0 aliphatic heterocycles. The molecule has 0 radical (unpaired) electrons. The summed E-state index contributed by atoms with van der Waals surface area (Å²) < 4.78 is 11.1. The van der Waals surface area contributed by atoms with Gasteiger partial charge in [0.1, 0.15) is 6.61 Å². The first-order valence-electron chi connectivity index (χ1n) is 6.58. The van der Waals surface area contributed by atoms with E-state index in [0.717, 1.165) is 11.1 Å². The summed E-state index contributed by atoms with van der Waals surface area (Å²) in [4.78, 5) is 0. The lowest BCUT2D eigenvalue weighted by Gasteiger charge is -2.12. The standard InChI is InChI=1S/C16H16Cl2N2O2/c1-19-20-9-11-4-6-15(21-2)16(8-11)22-10-12-3-5-13(17)14(18)7-12/h3-9,19H,10H2,1-2H3. The Hall–Kier alpha value is -1.91. The summed E-state index contributed by atoms with van der Waals surface area (Å²) >= 11 is 11.9. The third-order valence-electron chi connectivity index (χ3n) is 2.91. The van der Waals surface area contributed by atoms with Crippen LogP contribution >= 0.6 is 23.2 Å². The second kappa shape index (κ2) is 7.92. The van der Waals surface area contributed by atoms with Gasteiger partial charge < -0.3 is 14.9 Å². The zero-order valence-electron chi connectivity index (χ0n) is 12.3. The molecule has 0 bridgehead atoms. The van der Waals surface area contributed by atoms with Crippen LogP contribution in [0.25, 0.3) is 0 Å². The van der Waals surface area contributed by atoms with Gasteiger partial charge in [-0.25, -0.2) is 0 Å². The molecule has 2 aromatic rings. The highest BCUT2D eigenvalue weighted by Crippen LogP contribution is 2.29. The molecule has 116 valence electrons. The molecular formula is C16H16Cl2N2O2. The molecule has 0 aliphatic carbocycles. The fourth-order valence-corrected chi connectivity index (χ4v) is 2.14. The van der Waals surface area contributed by atoms with Crippen molar-refractivity contribution >= 4 is 29.4 Å². The van der Waals surface area contributed by atoms with Gasteiger partial charge in [-0.2, -0.15) is 5.10 Å². The molecule has 22 heavy (non-hydrogen) atoms.